The maximum atomic E-state index is 12.2. The Morgan fingerprint density at radius 2 is 1.56 bits per heavy atom. The van der Waals surface area contributed by atoms with E-state index < -0.39 is 0 Å². The zero-order valence-corrected chi connectivity index (χ0v) is 15.0. The molecular weight excluding hydrogens is 344 g/mol. The molecule has 7 nitrogen and oxygen atoms in total. The summed E-state index contributed by atoms with van der Waals surface area (Å²) in [5.41, 5.74) is 1.08. The molecule has 1 saturated heterocycles. The number of carbonyl (C=O) groups excluding carboxylic acids is 3. The molecule has 1 heterocycles. The first-order chi connectivity index (χ1) is 12.0. The van der Waals surface area contributed by atoms with Gasteiger partial charge in [-0.25, -0.2) is 0 Å². The lowest BCUT2D eigenvalue weighted by Gasteiger charge is -2.36. The van der Waals surface area contributed by atoms with E-state index in [0.717, 1.165) is 18.8 Å². The van der Waals surface area contributed by atoms with Crippen LogP contribution in [0.15, 0.2) is 24.3 Å². The van der Waals surface area contributed by atoms with Gasteiger partial charge in [-0.3, -0.25) is 14.4 Å². The smallest absolute Gasteiger partial charge is 0.242 e. The highest BCUT2D eigenvalue weighted by Gasteiger charge is 2.21. The average molecular weight is 367 g/mol. The first-order valence-electron chi connectivity index (χ1n) is 8.31. The minimum Gasteiger partial charge on any atom is -0.368 e. The lowest BCUT2D eigenvalue weighted by Crippen LogP contribution is -2.51. The van der Waals surface area contributed by atoms with Gasteiger partial charge in [0.05, 0.1) is 13.1 Å². The van der Waals surface area contributed by atoms with E-state index in [4.69, 9.17) is 11.6 Å². The molecule has 136 valence electrons. The van der Waals surface area contributed by atoms with Gasteiger partial charge >= 0.3 is 0 Å². The highest BCUT2D eigenvalue weighted by atomic mass is 35.5. The van der Waals surface area contributed by atoms with Crippen LogP contribution in [0.4, 0.5) is 5.69 Å². The topological polar surface area (TPSA) is 81.8 Å². The summed E-state index contributed by atoms with van der Waals surface area (Å²) in [6, 6.07) is 7.62. The number of piperazine rings is 1. The van der Waals surface area contributed by atoms with Crippen LogP contribution in [0.2, 0.25) is 5.02 Å². The molecule has 0 aliphatic carbocycles. The summed E-state index contributed by atoms with van der Waals surface area (Å²) < 4.78 is 0. The van der Waals surface area contributed by atoms with Crippen LogP contribution in [0, 0.1) is 0 Å². The Labute approximate surface area is 152 Å². The molecule has 25 heavy (non-hydrogen) atoms. The highest BCUT2D eigenvalue weighted by molar-refractivity contribution is 6.30. The second kappa shape index (κ2) is 9.27. The van der Waals surface area contributed by atoms with Crippen molar-refractivity contribution >= 4 is 35.0 Å². The molecule has 8 heteroatoms. The summed E-state index contributed by atoms with van der Waals surface area (Å²) >= 11 is 5.89. The summed E-state index contributed by atoms with van der Waals surface area (Å²) in [5, 5.41) is 5.70. The Morgan fingerprint density at radius 3 is 2.16 bits per heavy atom. The number of benzene rings is 1. The van der Waals surface area contributed by atoms with Crippen molar-refractivity contribution in [1.82, 2.24) is 15.5 Å². The molecule has 0 aromatic heterocycles. The second-order valence-corrected chi connectivity index (χ2v) is 6.19. The maximum absolute atomic E-state index is 12.2. The number of hydrogen-bond donors (Lipinski definition) is 2. The summed E-state index contributed by atoms with van der Waals surface area (Å²) in [6.45, 7) is 4.21. The van der Waals surface area contributed by atoms with Crippen LogP contribution >= 0.6 is 11.6 Å². The number of hydrogen-bond acceptors (Lipinski definition) is 4. The summed E-state index contributed by atoms with van der Waals surface area (Å²) in [5.74, 6) is -0.680. The van der Waals surface area contributed by atoms with Crippen LogP contribution in [0.3, 0.4) is 0 Å². The van der Waals surface area contributed by atoms with Crippen molar-refractivity contribution < 1.29 is 14.4 Å². The molecule has 1 aliphatic heterocycles. The van der Waals surface area contributed by atoms with Crippen molar-refractivity contribution in [1.29, 1.82) is 0 Å². The molecule has 0 bridgehead atoms. The number of rotatable bonds is 6. The molecule has 2 N–H and O–H groups in total. The lowest BCUT2D eigenvalue weighted by molar-refractivity contribution is -0.133. The van der Waals surface area contributed by atoms with Crippen LogP contribution in [-0.4, -0.2) is 61.9 Å². The molecule has 2 rings (SSSR count). The zero-order chi connectivity index (χ0) is 18.2. The van der Waals surface area contributed by atoms with Gasteiger partial charge in [0.1, 0.15) is 0 Å². The Hall–Kier alpha value is -2.28. The molecule has 0 saturated carbocycles. The van der Waals surface area contributed by atoms with Crippen molar-refractivity contribution in [2.24, 2.45) is 0 Å². The van der Waals surface area contributed by atoms with Gasteiger partial charge in [0.2, 0.25) is 17.7 Å². The third-order valence-electron chi connectivity index (χ3n) is 4.03. The summed E-state index contributed by atoms with van der Waals surface area (Å²) in [6.07, 6.45) is 0.324. The Morgan fingerprint density at radius 1 is 0.960 bits per heavy atom. The maximum Gasteiger partial charge on any atom is 0.242 e. The number of nitrogens with one attached hydrogen (secondary N) is 2. The first kappa shape index (κ1) is 19.1. The minimum absolute atomic E-state index is 0.0538. The van der Waals surface area contributed by atoms with Gasteiger partial charge < -0.3 is 20.4 Å². The predicted molar refractivity (Wildman–Crippen MR) is 96.6 cm³/mol. The van der Waals surface area contributed by atoms with Crippen LogP contribution in [0.25, 0.3) is 0 Å². The monoisotopic (exact) mass is 366 g/mol. The van der Waals surface area contributed by atoms with E-state index in [2.05, 4.69) is 15.5 Å². The average Bonchev–Trinajstić information content (AvgIpc) is 2.64. The van der Waals surface area contributed by atoms with Crippen molar-refractivity contribution in [3.63, 3.8) is 0 Å². The number of halogens is 1. The van der Waals surface area contributed by atoms with Gasteiger partial charge in [-0.05, 0) is 24.3 Å². The molecule has 0 radical (unpaired) electrons. The first-order valence-corrected chi connectivity index (χ1v) is 8.69. The van der Waals surface area contributed by atoms with Gasteiger partial charge in [0, 0.05) is 43.3 Å². The Balaban J connectivity index is 1.71. The number of nitrogens with zero attached hydrogens (tertiary/aromatic N) is 2. The molecule has 0 unspecified atom stereocenters. The van der Waals surface area contributed by atoms with Gasteiger partial charge in [0.25, 0.3) is 0 Å². The fourth-order valence-corrected chi connectivity index (χ4v) is 2.64. The summed E-state index contributed by atoms with van der Waals surface area (Å²) in [7, 11) is 0. The van der Waals surface area contributed by atoms with E-state index in [1.807, 2.05) is 24.3 Å². The van der Waals surface area contributed by atoms with Crippen LogP contribution in [0.1, 0.15) is 13.3 Å². The van der Waals surface area contributed by atoms with E-state index >= 15 is 0 Å². The highest BCUT2D eigenvalue weighted by Crippen LogP contribution is 2.19. The van der Waals surface area contributed by atoms with Crippen molar-refractivity contribution in [2.45, 2.75) is 13.3 Å². The Kier molecular flexibility index (Phi) is 7.06. The van der Waals surface area contributed by atoms with Gasteiger partial charge in [0.15, 0.2) is 0 Å². The molecule has 1 aliphatic rings. The second-order valence-electron chi connectivity index (χ2n) is 5.75. The molecule has 1 aromatic rings. The SMILES string of the molecule is CCC(=O)NCC(=O)NCC(=O)N1CCN(c2ccc(Cl)cc2)CC1. The fourth-order valence-electron chi connectivity index (χ4n) is 2.52. The largest absolute Gasteiger partial charge is 0.368 e. The molecule has 1 aromatic carbocycles. The van der Waals surface area contributed by atoms with E-state index in [-0.39, 0.29) is 30.8 Å². The molecule has 3 amide bonds. The standard InChI is InChI=1S/C17H23ClN4O3/c1-2-15(23)19-11-16(24)20-12-17(25)22-9-7-21(8-10-22)14-5-3-13(18)4-6-14/h3-6H,2,7-12H2,1H3,(H,19,23)(H,20,24). The third kappa shape index (κ3) is 5.94. The molecule has 0 spiro atoms. The van der Waals surface area contributed by atoms with Crippen LogP contribution in [0.5, 0.6) is 0 Å². The zero-order valence-electron chi connectivity index (χ0n) is 14.3. The van der Waals surface area contributed by atoms with E-state index in [0.29, 0.717) is 24.5 Å². The minimum atomic E-state index is -0.366. The van der Waals surface area contributed by atoms with Crippen LogP contribution < -0.4 is 15.5 Å². The van der Waals surface area contributed by atoms with E-state index in [1.165, 1.54) is 0 Å². The molecule has 1 fully saturated rings. The van der Waals surface area contributed by atoms with Gasteiger partial charge in [-0.15, -0.1) is 0 Å². The quantitative estimate of drug-likeness (QED) is 0.773. The normalized spacial score (nSPS) is 14.2. The van der Waals surface area contributed by atoms with Gasteiger partial charge in [-0.1, -0.05) is 18.5 Å². The van der Waals surface area contributed by atoms with Crippen molar-refractivity contribution in [3.8, 4) is 0 Å². The molecular formula is C17H23ClN4O3. The van der Waals surface area contributed by atoms with Crippen molar-refractivity contribution in [2.75, 3.05) is 44.2 Å². The lowest BCUT2D eigenvalue weighted by atomic mass is 10.2. The fraction of sp³-hybridized carbons (Fsp3) is 0.471. The van der Waals surface area contributed by atoms with Crippen molar-refractivity contribution in [3.05, 3.63) is 29.3 Å². The summed E-state index contributed by atoms with van der Waals surface area (Å²) in [4.78, 5) is 38.8. The third-order valence-corrected chi connectivity index (χ3v) is 4.28. The molecule has 0 atom stereocenters. The number of carbonyl (C=O) groups is 3. The van der Waals surface area contributed by atoms with E-state index in [9.17, 15) is 14.4 Å². The Bertz CT molecular complexity index is 613. The predicted octanol–water partition coefficient (Wildman–Crippen LogP) is 0.631. The number of anilines is 1. The number of amides is 3. The van der Waals surface area contributed by atoms with Gasteiger partial charge in [-0.2, -0.15) is 0 Å². The van der Waals surface area contributed by atoms with E-state index in [1.54, 1.807) is 11.8 Å². The van der Waals surface area contributed by atoms with Crippen LogP contribution in [-0.2, 0) is 14.4 Å².